The SMILES string of the molecule is c1ccc(-c2ccc(N(c3ccc(-c4ccccc4)cc3)c3c4ccccc4cc4sc5ccccc5c34)cc2)cc1. The maximum Gasteiger partial charge on any atom is 0.0633 e. The first-order valence-corrected chi connectivity index (χ1v) is 15.1. The average Bonchev–Trinajstić information content (AvgIpc) is 3.44. The van der Waals surface area contributed by atoms with Gasteiger partial charge in [0.1, 0.15) is 0 Å². The van der Waals surface area contributed by atoms with Crippen molar-refractivity contribution in [3.05, 3.63) is 164 Å². The van der Waals surface area contributed by atoms with Gasteiger partial charge in [-0.1, -0.05) is 127 Å². The first-order chi connectivity index (χ1) is 20.8. The molecule has 0 N–H and O–H groups in total. The van der Waals surface area contributed by atoms with Crippen LogP contribution in [0.4, 0.5) is 17.1 Å². The second-order valence-corrected chi connectivity index (χ2v) is 11.7. The molecule has 0 atom stereocenters. The van der Waals surface area contributed by atoms with Crippen molar-refractivity contribution >= 4 is 59.3 Å². The van der Waals surface area contributed by atoms with E-state index in [-0.39, 0.29) is 0 Å². The highest BCUT2D eigenvalue weighted by Gasteiger charge is 2.21. The Morgan fingerprint density at radius 3 is 1.45 bits per heavy atom. The molecule has 0 saturated carbocycles. The maximum atomic E-state index is 2.45. The highest BCUT2D eigenvalue weighted by atomic mass is 32.1. The van der Waals surface area contributed by atoms with E-state index in [1.54, 1.807) is 0 Å². The van der Waals surface area contributed by atoms with Gasteiger partial charge in [0.2, 0.25) is 0 Å². The van der Waals surface area contributed by atoms with Crippen molar-refractivity contribution in [2.45, 2.75) is 0 Å². The molecular formula is C40H27NS. The molecule has 8 rings (SSSR count). The third kappa shape index (κ3) is 4.25. The number of anilines is 3. The molecule has 0 spiro atoms. The molecular weight excluding hydrogens is 527 g/mol. The van der Waals surface area contributed by atoms with Crippen molar-refractivity contribution in [3.63, 3.8) is 0 Å². The van der Waals surface area contributed by atoms with Gasteiger partial charge in [-0.3, -0.25) is 0 Å². The minimum atomic E-state index is 1.13. The van der Waals surface area contributed by atoms with Gasteiger partial charge in [0.05, 0.1) is 5.69 Å². The molecule has 1 nitrogen and oxygen atoms in total. The van der Waals surface area contributed by atoms with Gasteiger partial charge in [-0.15, -0.1) is 11.3 Å². The molecule has 0 aliphatic rings. The molecule has 0 aliphatic heterocycles. The number of rotatable bonds is 5. The zero-order valence-corrected chi connectivity index (χ0v) is 23.8. The third-order valence-electron chi connectivity index (χ3n) is 8.05. The quantitative estimate of drug-likeness (QED) is 0.205. The van der Waals surface area contributed by atoms with E-state index in [2.05, 4.69) is 169 Å². The summed E-state index contributed by atoms with van der Waals surface area (Å²) in [5, 5.41) is 5.09. The average molecular weight is 554 g/mol. The highest BCUT2D eigenvalue weighted by Crippen LogP contribution is 2.49. The smallest absolute Gasteiger partial charge is 0.0633 e. The molecule has 0 bridgehead atoms. The Morgan fingerprint density at radius 1 is 0.381 bits per heavy atom. The summed E-state index contributed by atoms with van der Waals surface area (Å²) in [7, 11) is 0. The van der Waals surface area contributed by atoms with Crippen molar-refractivity contribution in [1.82, 2.24) is 0 Å². The molecule has 8 aromatic rings. The van der Waals surface area contributed by atoms with Crippen LogP contribution in [-0.4, -0.2) is 0 Å². The van der Waals surface area contributed by atoms with Gasteiger partial charge in [0.25, 0.3) is 0 Å². The Balaban J connectivity index is 1.39. The molecule has 0 radical (unpaired) electrons. The van der Waals surface area contributed by atoms with Crippen LogP contribution in [0.2, 0.25) is 0 Å². The van der Waals surface area contributed by atoms with E-state index >= 15 is 0 Å². The zero-order valence-electron chi connectivity index (χ0n) is 22.9. The third-order valence-corrected chi connectivity index (χ3v) is 9.17. The molecule has 0 unspecified atom stereocenters. The van der Waals surface area contributed by atoms with Gasteiger partial charge < -0.3 is 4.90 Å². The number of hydrogen-bond acceptors (Lipinski definition) is 2. The van der Waals surface area contributed by atoms with Gasteiger partial charge in [0.15, 0.2) is 0 Å². The molecule has 0 amide bonds. The van der Waals surface area contributed by atoms with Crippen LogP contribution in [0.3, 0.4) is 0 Å². The van der Waals surface area contributed by atoms with E-state index in [1.165, 1.54) is 58.9 Å². The lowest BCUT2D eigenvalue weighted by Gasteiger charge is -2.28. The Labute approximate surface area is 249 Å². The van der Waals surface area contributed by atoms with Gasteiger partial charge in [-0.05, 0) is 64.0 Å². The summed E-state index contributed by atoms with van der Waals surface area (Å²) >= 11 is 1.87. The summed E-state index contributed by atoms with van der Waals surface area (Å²) in [6, 6.07) is 59.1. The van der Waals surface area contributed by atoms with Crippen molar-refractivity contribution in [2.75, 3.05) is 4.90 Å². The van der Waals surface area contributed by atoms with Crippen molar-refractivity contribution < 1.29 is 0 Å². The highest BCUT2D eigenvalue weighted by molar-refractivity contribution is 7.26. The number of hydrogen-bond donors (Lipinski definition) is 0. The Hall–Kier alpha value is -5.18. The van der Waals surface area contributed by atoms with E-state index in [0.717, 1.165) is 11.4 Å². The zero-order chi connectivity index (χ0) is 27.9. The lowest BCUT2D eigenvalue weighted by atomic mass is 9.99. The second kappa shape index (κ2) is 10.3. The van der Waals surface area contributed by atoms with Gasteiger partial charge in [-0.2, -0.15) is 0 Å². The van der Waals surface area contributed by atoms with E-state index in [1.807, 2.05) is 11.3 Å². The van der Waals surface area contributed by atoms with E-state index in [4.69, 9.17) is 0 Å². The molecule has 2 heteroatoms. The molecule has 0 fully saturated rings. The maximum absolute atomic E-state index is 2.45. The molecule has 1 aromatic heterocycles. The Morgan fingerprint density at radius 2 is 0.857 bits per heavy atom. The lowest BCUT2D eigenvalue weighted by Crippen LogP contribution is -2.11. The van der Waals surface area contributed by atoms with Crippen molar-refractivity contribution in [2.24, 2.45) is 0 Å². The Bertz CT molecular complexity index is 2080. The topological polar surface area (TPSA) is 3.24 Å². The number of nitrogens with zero attached hydrogens (tertiary/aromatic N) is 1. The minimum Gasteiger partial charge on any atom is -0.309 e. The van der Waals surface area contributed by atoms with Crippen LogP contribution in [0.1, 0.15) is 0 Å². The fourth-order valence-corrected chi connectivity index (χ4v) is 7.19. The van der Waals surface area contributed by atoms with Crippen LogP contribution in [0.5, 0.6) is 0 Å². The van der Waals surface area contributed by atoms with Crippen LogP contribution in [0, 0.1) is 0 Å². The van der Waals surface area contributed by atoms with Crippen LogP contribution in [0.25, 0.3) is 53.2 Å². The minimum absolute atomic E-state index is 1.13. The molecule has 42 heavy (non-hydrogen) atoms. The fraction of sp³-hybridized carbons (Fsp3) is 0. The van der Waals surface area contributed by atoms with Crippen molar-refractivity contribution in [3.8, 4) is 22.3 Å². The summed E-state index contributed by atoms with van der Waals surface area (Å²) in [4.78, 5) is 2.45. The molecule has 1 heterocycles. The fourth-order valence-electron chi connectivity index (χ4n) is 6.03. The standard InChI is InChI=1S/C40H27NS/c1-3-11-28(12-4-1)30-19-23-33(24-20-30)41(34-25-21-31(22-26-34)29-13-5-2-6-14-29)40-35-16-8-7-15-32(35)27-38-39(40)36-17-9-10-18-37(36)42-38/h1-27H. The van der Waals surface area contributed by atoms with Crippen LogP contribution >= 0.6 is 11.3 Å². The monoisotopic (exact) mass is 553 g/mol. The summed E-state index contributed by atoms with van der Waals surface area (Å²) < 4.78 is 2.61. The summed E-state index contributed by atoms with van der Waals surface area (Å²) in [6.07, 6.45) is 0. The number of benzene rings is 7. The second-order valence-electron chi connectivity index (χ2n) is 10.6. The molecule has 0 saturated heterocycles. The van der Waals surface area contributed by atoms with Crippen molar-refractivity contribution in [1.29, 1.82) is 0 Å². The molecule has 0 aliphatic carbocycles. The van der Waals surface area contributed by atoms with E-state index in [0.29, 0.717) is 0 Å². The molecule has 198 valence electrons. The van der Waals surface area contributed by atoms with Gasteiger partial charge >= 0.3 is 0 Å². The van der Waals surface area contributed by atoms with E-state index in [9.17, 15) is 0 Å². The first kappa shape index (κ1) is 24.6. The largest absolute Gasteiger partial charge is 0.309 e. The summed E-state index contributed by atoms with van der Waals surface area (Å²) in [6.45, 7) is 0. The van der Waals surface area contributed by atoms with Crippen LogP contribution in [-0.2, 0) is 0 Å². The summed E-state index contributed by atoms with van der Waals surface area (Å²) in [5.74, 6) is 0. The predicted octanol–water partition coefficient (Wildman–Crippen LogP) is 12.0. The van der Waals surface area contributed by atoms with E-state index < -0.39 is 0 Å². The number of thiophene rings is 1. The lowest BCUT2D eigenvalue weighted by molar-refractivity contribution is 1.31. The van der Waals surface area contributed by atoms with Gasteiger partial charge in [0, 0.05) is 36.9 Å². The van der Waals surface area contributed by atoms with Crippen LogP contribution < -0.4 is 4.90 Å². The summed E-state index contributed by atoms with van der Waals surface area (Å²) in [5.41, 5.74) is 8.36. The molecule has 7 aromatic carbocycles. The van der Waals surface area contributed by atoms with Gasteiger partial charge in [-0.25, -0.2) is 0 Å². The first-order valence-electron chi connectivity index (χ1n) is 14.3. The van der Waals surface area contributed by atoms with Crippen LogP contribution in [0.15, 0.2) is 164 Å². The predicted molar refractivity (Wildman–Crippen MR) is 182 cm³/mol. The number of fused-ring (bicyclic) bond motifs is 4. The normalized spacial score (nSPS) is 11.3. The Kier molecular flexibility index (Phi) is 6.05.